The fraction of sp³-hybridized carbons (Fsp3) is 0.0417. The molecular weight excluding hydrogens is 366 g/mol. The van der Waals surface area contributed by atoms with Crippen LogP contribution in [0.5, 0.6) is 5.75 Å². The highest BCUT2D eigenvalue weighted by molar-refractivity contribution is 6.14. The van der Waals surface area contributed by atoms with E-state index in [4.69, 9.17) is 9.84 Å². The molecule has 3 aromatic carbocycles. The zero-order valence-corrected chi connectivity index (χ0v) is 15.4. The van der Waals surface area contributed by atoms with E-state index in [0.717, 1.165) is 5.56 Å². The minimum Gasteiger partial charge on any atom is -0.488 e. The molecule has 5 heteroatoms. The van der Waals surface area contributed by atoms with E-state index in [1.807, 2.05) is 6.07 Å². The number of aromatic carboxylic acids is 1. The lowest BCUT2D eigenvalue weighted by atomic mass is 10.0. The number of ketones is 1. The Labute approximate surface area is 168 Å². The fourth-order valence-corrected chi connectivity index (χ4v) is 2.68. The molecule has 0 radical (unpaired) electrons. The second kappa shape index (κ2) is 9.16. The van der Waals surface area contributed by atoms with Gasteiger partial charge < -0.3 is 9.84 Å². The Bertz CT molecular complexity index is 1090. The van der Waals surface area contributed by atoms with Crippen LogP contribution in [0.25, 0.3) is 6.08 Å². The Morgan fingerprint density at radius 2 is 1.55 bits per heavy atom. The maximum atomic E-state index is 12.6. The number of ether oxygens (including phenoxy) is 1. The first-order valence-electron chi connectivity index (χ1n) is 8.84. The number of benzene rings is 3. The van der Waals surface area contributed by atoms with Gasteiger partial charge in [0, 0.05) is 11.1 Å². The largest absolute Gasteiger partial charge is 0.488 e. The lowest BCUT2D eigenvalue weighted by Crippen LogP contribution is -2.02. The van der Waals surface area contributed by atoms with Crippen LogP contribution in [0.15, 0.2) is 84.4 Å². The van der Waals surface area contributed by atoms with Crippen LogP contribution in [0, 0.1) is 11.3 Å². The smallest absolute Gasteiger partial charge is 0.335 e. The van der Waals surface area contributed by atoms with Gasteiger partial charge in [-0.25, -0.2) is 4.79 Å². The number of nitriles is 1. The van der Waals surface area contributed by atoms with Crippen LogP contribution in [-0.4, -0.2) is 16.9 Å². The third-order valence-electron chi connectivity index (χ3n) is 4.22. The van der Waals surface area contributed by atoms with Crippen LogP contribution >= 0.6 is 0 Å². The molecule has 0 bridgehead atoms. The molecule has 0 heterocycles. The van der Waals surface area contributed by atoms with Crippen molar-refractivity contribution in [1.29, 1.82) is 5.26 Å². The van der Waals surface area contributed by atoms with Crippen LogP contribution in [0.4, 0.5) is 0 Å². The van der Waals surface area contributed by atoms with E-state index in [9.17, 15) is 14.9 Å². The number of allylic oxidation sites excluding steroid dienone is 1. The van der Waals surface area contributed by atoms with Crippen molar-refractivity contribution in [3.8, 4) is 11.8 Å². The van der Waals surface area contributed by atoms with Crippen molar-refractivity contribution in [2.45, 2.75) is 6.61 Å². The van der Waals surface area contributed by atoms with Crippen LogP contribution < -0.4 is 4.74 Å². The van der Waals surface area contributed by atoms with E-state index in [1.165, 1.54) is 18.2 Å². The van der Waals surface area contributed by atoms with Gasteiger partial charge in [-0.15, -0.1) is 0 Å². The average Bonchev–Trinajstić information content (AvgIpc) is 2.77. The number of hydrogen-bond donors (Lipinski definition) is 1. The molecule has 3 aromatic rings. The third-order valence-corrected chi connectivity index (χ3v) is 4.22. The van der Waals surface area contributed by atoms with Gasteiger partial charge in [-0.2, -0.15) is 5.26 Å². The highest BCUT2D eigenvalue weighted by Gasteiger charge is 2.13. The maximum Gasteiger partial charge on any atom is 0.335 e. The van der Waals surface area contributed by atoms with Crippen molar-refractivity contribution in [3.05, 3.63) is 107 Å². The second-order valence-corrected chi connectivity index (χ2v) is 6.19. The molecule has 0 aromatic heterocycles. The van der Waals surface area contributed by atoms with E-state index < -0.39 is 5.97 Å². The highest BCUT2D eigenvalue weighted by atomic mass is 16.5. The Morgan fingerprint density at radius 1 is 0.897 bits per heavy atom. The number of carbonyl (C=O) groups is 2. The van der Waals surface area contributed by atoms with Crippen molar-refractivity contribution in [1.82, 2.24) is 0 Å². The number of carboxylic acid groups (broad SMARTS) is 1. The lowest BCUT2D eigenvalue weighted by Gasteiger charge is -2.10. The minimum absolute atomic E-state index is 0.0121. The summed E-state index contributed by atoms with van der Waals surface area (Å²) in [6.45, 7) is 0.221. The predicted octanol–water partition coefficient (Wildman–Crippen LogP) is 4.75. The van der Waals surface area contributed by atoms with Gasteiger partial charge in [0.2, 0.25) is 5.78 Å². The number of rotatable bonds is 7. The van der Waals surface area contributed by atoms with E-state index >= 15 is 0 Å². The zero-order chi connectivity index (χ0) is 20.6. The molecule has 0 aliphatic rings. The van der Waals surface area contributed by atoms with Gasteiger partial charge in [-0.3, -0.25) is 4.79 Å². The number of nitrogens with zero attached hydrogens (tertiary/aromatic N) is 1. The molecule has 0 unspecified atom stereocenters. The molecule has 142 valence electrons. The molecule has 0 spiro atoms. The van der Waals surface area contributed by atoms with Crippen molar-refractivity contribution in [3.63, 3.8) is 0 Å². The summed E-state index contributed by atoms with van der Waals surface area (Å²) in [5.41, 5.74) is 2.07. The first-order chi connectivity index (χ1) is 14.1. The number of Topliss-reactive ketones (excluding diaryl/α,β-unsaturated/α-hetero) is 1. The molecule has 1 N–H and O–H groups in total. The summed E-state index contributed by atoms with van der Waals surface area (Å²) < 4.78 is 5.84. The summed E-state index contributed by atoms with van der Waals surface area (Å²) in [6, 6.07) is 24.1. The van der Waals surface area contributed by atoms with Gasteiger partial charge in [0.1, 0.15) is 24.0 Å². The topological polar surface area (TPSA) is 87.4 Å². The lowest BCUT2D eigenvalue weighted by molar-refractivity contribution is 0.0696. The van der Waals surface area contributed by atoms with Crippen LogP contribution in [0.2, 0.25) is 0 Å². The van der Waals surface area contributed by atoms with Crippen LogP contribution in [0.1, 0.15) is 31.8 Å². The fourth-order valence-electron chi connectivity index (χ4n) is 2.68. The summed E-state index contributed by atoms with van der Waals surface area (Å²) in [5.74, 6) is -0.823. The molecule has 0 aliphatic heterocycles. The Kier molecular flexibility index (Phi) is 6.18. The summed E-state index contributed by atoms with van der Waals surface area (Å²) in [6.07, 6.45) is 1.51. The van der Waals surface area contributed by atoms with Gasteiger partial charge in [-0.1, -0.05) is 60.7 Å². The Balaban J connectivity index is 1.81. The van der Waals surface area contributed by atoms with Gasteiger partial charge in [-0.05, 0) is 29.8 Å². The number of para-hydroxylation sites is 1. The van der Waals surface area contributed by atoms with Crippen LogP contribution in [0.3, 0.4) is 0 Å². The SMILES string of the molecule is N#CC(=Cc1ccccc1OCc1ccc(C(=O)O)cc1)C(=O)c1ccccc1. The van der Waals surface area contributed by atoms with E-state index in [1.54, 1.807) is 66.7 Å². The van der Waals surface area contributed by atoms with E-state index in [2.05, 4.69) is 0 Å². The standard InChI is InChI=1S/C24H17NO4/c25-15-21(23(26)18-6-2-1-3-7-18)14-20-8-4-5-9-22(20)29-16-17-10-12-19(13-11-17)24(27)28/h1-14H,16H2,(H,27,28). The van der Waals surface area contributed by atoms with Gasteiger partial charge >= 0.3 is 5.97 Å². The van der Waals surface area contributed by atoms with E-state index in [-0.39, 0.29) is 23.5 Å². The molecule has 0 aliphatic carbocycles. The summed E-state index contributed by atoms with van der Waals surface area (Å²) in [4.78, 5) is 23.5. The summed E-state index contributed by atoms with van der Waals surface area (Å²) in [5, 5.41) is 18.4. The van der Waals surface area contributed by atoms with Crippen molar-refractivity contribution in [2.75, 3.05) is 0 Å². The van der Waals surface area contributed by atoms with Crippen molar-refractivity contribution >= 4 is 17.8 Å². The summed E-state index contributed by atoms with van der Waals surface area (Å²) in [7, 11) is 0. The quantitative estimate of drug-likeness (QED) is 0.361. The third kappa shape index (κ3) is 4.96. The van der Waals surface area contributed by atoms with Gasteiger partial charge in [0.25, 0.3) is 0 Å². The monoisotopic (exact) mass is 383 g/mol. The van der Waals surface area contributed by atoms with Crippen molar-refractivity contribution < 1.29 is 19.4 Å². The van der Waals surface area contributed by atoms with Crippen molar-refractivity contribution in [2.24, 2.45) is 0 Å². The first-order valence-corrected chi connectivity index (χ1v) is 8.84. The number of carboxylic acids is 1. The molecule has 0 atom stereocenters. The molecule has 5 nitrogen and oxygen atoms in total. The average molecular weight is 383 g/mol. The molecular formula is C24H17NO4. The molecule has 0 amide bonds. The highest BCUT2D eigenvalue weighted by Crippen LogP contribution is 2.23. The Hall–Kier alpha value is -4.17. The van der Waals surface area contributed by atoms with E-state index in [0.29, 0.717) is 16.9 Å². The second-order valence-electron chi connectivity index (χ2n) is 6.19. The van der Waals surface area contributed by atoms with Gasteiger partial charge in [0.05, 0.1) is 5.56 Å². The molecule has 0 saturated carbocycles. The molecule has 0 fully saturated rings. The first kappa shape index (κ1) is 19.6. The van der Waals surface area contributed by atoms with Crippen LogP contribution in [-0.2, 0) is 6.61 Å². The zero-order valence-electron chi connectivity index (χ0n) is 15.4. The molecule has 3 rings (SSSR count). The predicted molar refractivity (Wildman–Crippen MR) is 109 cm³/mol. The number of carbonyl (C=O) groups excluding carboxylic acids is 1. The normalized spacial score (nSPS) is 10.8. The molecule has 0 saturated heterocycles. The minimum atomic E-state index is -0.986. The number of hydrogen-bond acceptors (Lipinski definition) is 4. The summed E-state index contributed by atoms with van der Waals surface area (Å²) >= 11 is 0. The maximum absolute atomic E-state index is 12.6. The Morgan fingerprint density at radius 3 is 2.21 bits per heavy atom. The van der Waals surface area contributed by atoms with Gasteiger partial charge in [0.15, 0.2) is 0 Å². The molecule has 29 heavy (non-hydrogen) atoms.